The van der Waals surface area contributed by atoms with Gasteiger partial charge in [0, 0.05) is 12.0 Å². The van der Waals surface area contributed by atoms with Crippen LogP contribution in [0.15, 0.2) is 11.6 Å². The summed E-state index contributed by atoms with van der Waals surface area (Å²) < 4.78 is 0. The summed E-state index contributed by atoms with van der Waals surface area (Å²) >= 11 is 0. The standard InChI is InChI=1S/C32H55NO2/c1-21(2)10-9-11-22(3)25-14-15-26-24-13-12-23-20-32(35,28(34)33-29(4,5)6)19-18-30(23,7)27(24)16-17-31(25,26)8/h12,21-22,24-27,35H,9-11,13-20H2,1-8H3,(H,33,34)/t22-,24+,25-,26+,27+,30+,31-,32-/m1/s1. The smallest absolute Gasteiger partial charge is 0.252 e. The van der Waals surface area contributed by atoms with E-state index in [1.54, 1.807) is 0 Å². The number of rotatable bonds is 6. The molecule has 0 heterocycles. The molecule has 3 heteroatoms. The van der Waals surface area contributed by atoms with Crippen molar-refractivity contribution >= 4 is 5.91 Å². The maximum Gasteiger partial charge on any atom is 0.252 e. The Bertz CT molecular complexity index is 824. The van der Waals surface area contributed by atoms with Crippen LogP contribution in [0.25, 0.3) is 0 Å². The summed E-state index contributed by atoms with van der Waals surface area (Å²) in [6, 6.07) is 0. The molecule has 0 aromatic heterocycles. The zero-order valence-electron chi connectivity index (χ0n) is 24.2. The van der Waals surface area contributed by atoms with E-state index in [1.807, 2.05) is 20.8 Å². The van der Waals surface area contributed by atoms with Crippen LogP contribution in [-0.2, 0) is 4.79 Å². The second-order valence-corrected chi connectivity index (χ2v) is 15.2. The molecule has 4 aliphatic carbocycles. The number of aliphatic hydroxyl groups is 1. The highest BCUT2D eigenvalue weighted by molar-refractivity contribution is 5.86. The number of amides is 1. The summed E-state index contributed by atoms with van der Waals surface area (Å²) in [5.74, 6) is 4.71. The monoisotopic (exact) mass is 485 g/mol. The van der Waals surface area contributed by atoms with Gasteiger partial charge in [0.15, 0.2) is 0 Å². The van der Waals surface area contributed by atoms with E-state index in [0.717, 1.165) is 42.4 Å². The van der Waals surface area contributed by atoms with Crippen LogP contribution >= 0.6 is 0 Å². The van der Waals surface area contributed by atoms with Crippen LogP contribution in [0.4, 0.5) is 0 Å². The Morgan fingerprint density at radius 3 is 2.43 bits per heavy atom. The molecule has 3 fully saturated rings. The highest BCUT2D eigenvalue weighted by Crippen LogP contribution is 2.67. The number of carbonyl (C=O) groups is 1. The molecule has 1 amide bonds. The van der Waals surface area contributed by atoms with Gasteiger partial charge in [0.25, 0.3) is 5.91 Å². The van der Waals surface area contributed by atoms with Crippen LogP contribution in [-0.4, -0.2) is 22.2 Å². The summed E-state index contributed by atoms with van der Waals surface area (Å²) in [5.41, 5.74) is 0.454. The molecule has 0 aliphatic heterocycles. The van der Waals surface area contributed by atoms with Gasteiger partial charge in [-0.1, -0.05) is 65.5 Å². The summed E-state index contributed by atoms with van der Waals surface area (Å²) in [6.07, 6.45) is 15.4. The fourth-order valence-electron chi connectivity index (χ4n) is 9.32. The maximum atomic E-state index is 13.0. The molecule has 4 rings (SSSR count). The van der Waals surface area contributed by atoms with Crippen LogP contribution in [0.2, 0.25) is 0 Å². The molecule has 35 heavy (non-hydrogen) atoms. The van der Waals surface area contributed by atoms with Crippen molar-refractivity contribution in [2.45, 2.75) is 137 Å². The van der Waals surface area contributed by atoms with Gasteiger partial charge in [0.05, 0.1) is 0 Å². The first-order valence-electron chi connectivity index (χ1n) is 14.9. The molecule has 8 atom stereocenters. The number of allylic oxidation sites excluding steroid dienone is 1. The summed E-state index contributed by atoms with van der Waals surface area (Å²) in [5, 5.41) is 14.4. The average Bonchev–Trinajstić information content (AvgIpc) is 3.10. The van der Waals surface area contributed by atoms with Gasteiger partial charge in [-0.05, 0) is 112 Å². The van der Waals surface area contributed by atoms with E-state index < -0.39 is 5.60 Å². The Labute approximate surface area is 216 Å². The quantitative estimate of drug-likeness (QED) is 0.379. The van der Waals surface area contributed by atoms with Gasteiger partial charge >= 0.3 is 0 Å². The molecule has 200 valence electrons. The predicted octanol–water partition coefficient (Wildman–Crippen LogP) is 7.67. The minimum Gasteiger partial charge on any atom is -0.380 e. The van der Waals surface area contributed by atoms with Crippen molar-refractivity contribution in [1.82, 2.24) is 5.32 Å². The van der Waals surface area contributed by atoms with Crippen molar-refractivity contribution in [3.63, 3.8) is 0 Å². The van der Waals surface area contributed by atoms with Gasteiger partial charge < -0.3 is 10.4 Å². The van der Waals surface area contributed by atoms with E-state index in [2.05, 4.69) is 46.0 Å². The lowest BCUT2D eigenvalue weighted by Gasteiger charge is -2.59. The fourth-order valence-corrected chi connectivity index (χ4v) is 9.32. The third-order valence-corrected chi connectivity index (χ3v) is 11.3. The molecule has 2 N–H and O–H groups in total. The molecule has 0 unspecified atom stereocenters. The Kier molecular flexibility index (Phi) is 7.37. The van der Waals surface area contributed by atoms with Crippen LogP contribution in [0.3, 0.4) is 0 Å². The molecule has 4 aliphatic rings. The predicted molar refractivity (Wildman–Crippen MR) is 146 cm³/mol. The van der Waals surface area contributed by atoms with Crippen LogP contribution < -0.4 is 5.32 Å². The SMILES string of the molecule is CC(C)CCC[C@@H](C)[C@H]1CC[C@H]2[C@@H]3CC=C4C[C@@](O)(C(=O)NC(C)(C)C)CC[C@]4(C)[C@H]3CC[C@]12C. The van der Waals surface area contributed by atoms with E-state index in [-0.39, 0.29) is 16.9 Å². The number of hydrogen-bond donors (Lipinski definition) is 2. The highest BCUT2D eigenvalue weighted by atomic mass is 16.3. The van der Waals surface area contributed by atoms with Crippen LogP contribution in [0.5, 0.6) is 0 Å². The van der Waals surface area contributed by atoms with E-state index >= 15 is 0 Å². The zero-order valence-corrected chi connectivity index (χ0v) is 24.2. The molecule has 0 spiro atoms. The van der Waals surface area contributed by atoms with Gasteiger partial charge in [0.2, 0.25) is 0 Å². The number of fused-ring (bicyclic) bond motifs is 5. The minimum atomic E-state index is -1.25. The fraction of sp³-hybridized carbons (Fsp3) is 0.906. The van der Waals surface area contributed by atoms with Gasteiger partial charge in [-0.2, -0.15) is 0 Å². The lowest BCUT2D eigenvalue weighted by Crippen LogP contribution is -2.58. The van der Waals surface area contributed by atoms with Gasteiger partial charge in [-0.25, -0.2) is 0 Å². The van der Waals surface area contributed by atoms with Crippen molar-refractivity contribution in [1.29, 1.82) is 0 Å². The van der Waals surface area contributed by atoms with Crippen molar-refractivity contribution < 1.29 is 9.90 Å². The minimum absolute atomic E-state index is 0.152. The molecule has 0 aromatic carbocycles. The summed E-state index contributed by atoms with van der Waals surface area (Å²) in [7, 11) is 0. The Hall–Kier alpha value is -0.830. The van der Waals surface area contributed by atoms with E-state index in [1.165, 1.54) is 50.5 Å². The molecule has 3 nitrogen and oxygen atoms in total. The third kappa shape index (κ3) is 5.01. The van der Waals surface area contributed by atoms with Gasteiger partial charge in [-0.3, -0.25) is 4.79 Å². The van der Waals surface area contributed by atoms with E-state index in [9.17, 15) is 9.90 Å². The number of hydrogen-bond acceptors (Lipinski definition) is 2. The lowest BCUT2D eigenvalue weighted by atomic mass is 9.46. The summed E-state index contributed by atoms with van der Waals surface area (Å²) in [6.45, 7) is 18.4. The van der Waals surface area contributed by atoms with Crippen molar-refractivity contribution in [3.05, 3.63) is 11.6 Å². The number of carbonyl (C=O) groups excluding carboxylic acids is 1. The van der Waals surface area contributed by atoms with Crippen LogP contribution in [0.1, 0.15) is 126 Å². The Morgan fingerprint density at radius 2 is 1.77 bits per heavy atom. The van der Waals surface area contributed by atoms with E-state index in [4.69, 9.17) is 0 Å². The molecule has 0 radical (unpaired) electrons. The van der Waals surface area contributed by atoms with Crippen molar-refractivity contribution in [3.8, 4) is 0 Å². The molecule has 0 bridgehead atoms. The molecule has 3 saturated carbocycles. The van der Waals surface area contributed by atoms with Gasteiger partial charge in [0.1, 0.15) is 5.60 Å². The summed E-state index contributed by atoms with van der Waals surface area (Å²) in [4.78, 5) is 13.0. The van der Waals surface area contributed by atoms with Crippen molar-refractivity contribution in [2.75, 3.05) is 0 Å². The third-order valence-electron chi connectivity index (χ3n) is 11.3. The largest absolute Gasteiger partial charge is 0.380 e. The van der Waals surface area contributed by atoms with E-state index in [0.29, 0.717) is 24.2 Å². The number of nitrogens with one attached hydrogen (secondary N) is 1. The normalized spacial score (nSPS) is 42.1. The molecular formula is C32H55NO2. The second kappa shape index (κ2) is 9.48. The lowest BCUT2D eigenvalue weighted by molar-refractivity contribution is -0.147. The zero-order chi connectivity index (χ0) is 25.8. The first kappa shape index (κ1) is 27.2. The molecule has 0 aromatic rings. The average molecular weight is 486 g/mol. The Balaban J connectivity index is 1.48. The van der Waals surface area contributed by atoms with Gasteiger partial charge in [-0.15, -0.1) is 0 Å². The molecule has 0 saturated heterocycles. The van der Waals surface area contributed by atoms with Crippen LogP contribution in [0, 0.1) is 46.3 Å². The highest BCUT2D eigenvalue weighted by Gasteiger charge is 2.60. The maximum absolute atomic E-state index is 13.0. The first-order chi connectivity index (χ1) is 16.2. The molecular weight excluding hydrogens is 430 g/mol. The van der Waals surface area contributed by atoms with Crippen molar-refractivity contribution in [2.24, 2.45) is 46.3 Å². The Morgan fingerprint density at radius 1 is 1.06 bits per heavy atom. The topological polar surface area (TPSA) is 49.3 Å². The second-order valence-electron chi connectivity index (χ2n) is 15.2. The first-order valence-corrected chi connectivity index (χ1v) is 14.9.